The summed E-state index contributed by atoms with van der Waals surface area (Å²) < 4.78 is 34.1. The normalized spacial score (nSPS) is 32.0. The summed E-state index contributed by atoms with van der Waals surface area (Å²) in [5, 5.41) is 11.6. The average Bonchev–Trinajstić information content (AvgIpc) is 3.72. The Kier molecular flexibility index (Phi) is 8.04. The molecule has 0 aromatic heterocycles. The number of esters is 4. The van der Waals surface area contributed by atoms with Gasteiger partial charge in [-0.3, -0.25) is 14.4 Å². The number of aliphatic hydroxyl groups is 1. The van der Waals surface area contributed by atoms with Gasteiger partial charge in [-0.15, -0.1) is 11.8 Å². The van der Waals surface area contributed by atoms with Crippen molar-refractivity contribution in [2.24, 2.45) is 34.8 Å². The number of thioether (sulfide) groups is 1. The lowest BCUT2D eigenvalue weighted by Crippen LogP contribution is -2.55. The van der Waals surface area contributed by atoms with E-state index in [1.165, 1.54) is 17.8 Å². The molecule has 0 unspecified atom stereocenters. The number of benzene rings is 1. The van der Waals surface area contributed by atoms with Crippen LogP contribution in [0.25, 0.3) is 0 Å². The molecule has 4 saturated carbocycles. The van der Waals surface area contributed by atoms with Gasteiger partial charge in [-0.05, 0) is 43.5 Å². The van der Waals surface area contributed by atoms with Gasteiger partial charge in [0.2, 0.25) is 13.6 Å². The molecule has 0 radical (unpaired) electrons. The van der Waals surface area contributed by atoms with Gasteiger partial charge in [0.05, 0.1) is 11.5 Å². The van der Waals surface area contributed by atoms with Crippen LogP contribution in [0.4, 0.5) is 4.39 Å². The number of rotatable bonds is 13. The van der Waals surface area contributed by atoms with Crippen molar-refractivity contribution in [3.8, 4) is 0 Å². The fourth-order valence-corrected chi connectivity index (χ4v) is 7.34. The first-order valence-corrected chi connectivity index (χ1v) is 14.0. The minimum atomic E-state index is -1.77. The summed E-state index contributed by atoms with van der Waals surface area (Å²) >= 11 is 1.25. The lowest BCUT2D eigenvalue weighted by atomic mass is 9.88. The van der Waals surface area contributed by atoms with Gasteiger partial charge in [0.25, 0.3) is 0 Å². The summed E-state index contributed by atoms with van der Waals surface area (Å²) in [5.74, 6) is -5.73. The van der Waals surface area contributed by atoms with Crippen molar-refractivity contribution in [3.05, 3.63) is 29.6 Å². The van der Waals surface area contributed by atoms with E-state index >= 15 is 0 Å². The molecule has 10 nitrogen and oxygen atoms in total. The third-order valence-electron chi connectivity index (χ3n) is 8.39. The van der Waals surface area contributed by atoms with E-state index in [9.17, 15) is 28.7 Å². The van der Waals surface area contributed by atoms with Gasteiger partial charge in [-0.1, -0.05) is 20.8 Å². The minimum absolute atomic E-state index is 0.119. The zero-order valence-electron chi connectivity index (χ0n) is 22.4. The Morgan fingerprint density at radius 3 is 2.38 bits per heavy atom. The summed E-state index contributed by atoms with van der Waals surface area (Å²) in [6, 6.07) is 4.53. The van der Waals surface area contributed by atoms with E-state index in [1.807, 2.05) is 6.92 Å². The maximum absolute atomic E-state index is 13.7. The summed E-state index contributed by atoms with van der Waals surface area (Å²) in [6.07, 6.45) is 1.27. The first-order valence-electron chi connectivity index (χ1n) is 13.0. The Balaban J connectivity index is 1.49. The highest BCUT2D eigenvalue weighted by atomic mass is 32.2. The largest absolute Gasteiger partial charge is 0.428 e. The Morgan fingerprint density at radius 1 is 1.08 bits per heavy atom. The smallest absolute Gasteiger partial charge is 0.329 e. The molecule has 214 valence electrons. The van der Waals surface area contributed by atoms with Gasteiger partial charge in [0.15, 0.2) is 0 Å². The van der Waals surface area contributed by atoms with Crippen LogP contribution in [0.1, 0.15) is 45.6 Å². The van der Waals surface area contributed by atoms with E-state index in [2.05, 4.69) is 0 Å². The second-order valence-electron chi connectivity index (χ2n) is 10.5. The lowest BCUT2D eigenvalue weighted by Gasteiger charge is -2.29. The van der Waals surface area contributed by atoms with E-state index in [4.69, 9.17) is 24.7 Å². The number of carbonyl (C=O) groups excluding carboxylic acids is 4. The van der Waals surface area contributed by atoms with E-state index in [1.54, 1.807) is 32.9 Å². The highest BCUT2D eigenvalue weighted by molar-refractivity contribution is 7.99. The molecule has 5 rings (SSSR count). The average molecular weight is 568 g/mol. The minimum Gasteiger partial charge on any atom is -0.428 e. The number of hydrogen-bond acceptors (Lipinski definition) is 11. The van der Waals surface area contributed by atoms with Crippen LogP contribution < -0.4 is 5.73 Å². The number of halogens is 1. The second kappa shape index (κ2) is 10.7. The van der Waals surface area contributed by atoms with Gasteiger partial charge in [0, 0.05) is 34.8 Å². The van der Waals surface area contributed by atoms with Crippen LogP contribution in [0.3, 0.4) is 0 Å². The van der Waals surface area contributed by atoms with E-state index in [0.29, 0.717) is 23.3 Å². The molecular weight excluding hydrogens is 533 g/mol. The lowest BCUT2D eigenvalue weighted by molar-refractivity contribution is -0.174. The second-order valence-corrected chi connectivity index (χ2v) is 11.6. The first kappa shape index (κ1) is 29.3. The molecule has 4 fully saturated rings. The fourth-order valence-electron chi connectivity index (χ4n) is 6.03. The van der Waals surface area contributed by atoms with Crippen LogP contribution in [-0.2, 0) is 38.1 Å². The van der Waals surface area contributed by atoms with Gasteiger partial charge in [0.1, 0.15) is 16.8 Å². The molecule has 2 bridgehead atoms. The maximum Gasteiger partial charge on any atom is 0.329 e. The van der Waals surface area contributed by atoms with Crippen molar-refractivity contribution in [3.63, 3.8) is 0 Å². The van der Waals surface area contributed by atoms with Crippen LogP contribution in [0.15, 0.2) is 23.1 Å². The fraction of sp³-hybridized carbons (Fsp3) is 0.630. The quantitative estimate of drug-likeness (QED) is 0.205. The van der Waals surface area contributed by atoms with Crippen molar-refractivity contribution < 1.29 is 47.6 Å². The molecule has 0 heterocycles. The third-order valence-corrected chi connectivity index (χ3v) is 9.48. The monoisotopic (exact) mass is 567 g/mol. The van der Waals surface area contributed by atoms with Gasteiger partial charge in [-0.25, -0.2) is 9.18 Å². The number of hydrogen-bond donors (Lipinski definition) is 2. The number of carbonyl (C=O) groups is 4. The van der Waals surface area contributed by atoms with E-state index < -0.39 is 71.8 Å². The predicted octanol–water partition coefficient (Wildman–Crippen LogP) is 2.46. The summed E-state index contributed by atoms with van der Waals surface area (Å²) in [7, 11) is 0. The Morgan fingerprint density at radius 2 is 1.74 bits per heavy atom. The van der Waals surface area contributed by atoms with Gasteiger partial charge < -0.3 is 29.8 Å². The van der Waals surface area contributed by atoms with Crippen molar-refractivity contribution in [2.45, 2.75) is 63.0 Å². The van der Waals surface area contributed by atoms with Crippen molar-refractivity contribution in [2.75, 3.05) is 19.3 Å². The summed E-state index contributed by atoms with van der Waals surface area (Å²) in [6.45, 7) is 5.65. The Labute approximate surface area is 230 Å². The Hall–Kier alpha value is -2.70. The molecule has 1 aromatic rings. The van der Waals surface area contributed by atoms with Crippen molar-refractivity contribution in [1.82, 2.24) is 0 Å². The molecule has 0 saturated heterocycles. The van der Waals surface area contributed by atoms with Crippen molar-refractivity contribution in [1.29, 1.82) is 0 Å². The van der Waals surface area contributed by atoms with Crippen LogP contribution in [0, 0.1) is 41.8 Å². The van der Waals surface area contributed by atoms with Crippen LogP contribution in [0.2, 0.25) is 0 Å². The number of ether oxygens (including phenoxy) is 4. The molecule has 0 amide bonds. The highest BCUT2D eigenvalue weighted by Crippen LogP contribution is 2.97. The van der Waals surface area contributed by atoms with E-state index in [0.717, 1.165) is 0 Å². The van der Waals surface area contributed by atoms with Crippen LogP contribution >= 0.6 is 11.8 Å². The standard InChI is InChI=1S/C27H34FNO9S/c1-5-7-19(30)35-12-38-24(33)26(29)18(11-39-16-8-9-17(28)15(4)10-16)27(34)21-20(26)25(21,27)23(32)37-13-36-22(31)14(3)6-2/h8-10,14,18,20-21,34H,5-7,11-13,29H2,1-4H3/t14-,18-,20-,21+,25+,26-,27-/m0/s1. The molecule has 4 aliphatic carbocycles. The topological polar surface area (TPSA) is 151 Å². The molecular formula is C27H34FNO9S. The highest BCUT2D eigenvalue weighted by Gasteiger charge is 3.11. The first-order chi connectivity index (χ1) is 18.4. The third kappa shape index (κ3) is 4.50. The summed E-state index contributed by atoms with van der Waals surface area (Å²) in [4.78, 5) is 50.7. The predicted molar refractivity (Wildman–Crippen MR) is 135 cm³/mol. The molecule has 39 heavy (non-hydrogen) atoms. The molecule has 7 atom stereocenters. The molecule has 12 heteroatoms. The number of aryl methyl sites for hydroxylation is 1. The molecule has 0 spiro atoms. The maximum atomic E-state index is 13.7. The van der Waals surface area contributed by atoms with Gasteiger partial charge in [-0.2, -0.15) is 0 Å². The zero-order chi connectivity index (χ0) is 28.8. The Bertz CT molecular complexity index is 1180. The molecule has 4 aliphatic rings. The van der Waals surface area contributed by atoms with Crippen molar-refractivity contribution >= 4 is 35.6 Å². The van der Waals surface area contributed by atoms with E-state index in [-0.39, 0.29) is 23.9 Å². The van der Waals surface area contributed by atoms with Crippen LogP contribution in [-0.4, -0.2) is 59.5 Å². The molecule has 1 aromatic carbocycles. The number of fused-ring (bicyclic) bond motifs is 1. The molecule has 0 aliphatic heterocycles. The zero-order valence-corrected chi connectivity index (χ0v) is 23.2. The van der Waals surface area contributed by atoms with Gasteiger partial charge >= 0.3 is 23.9 Å². The number of nitrogens with two attached hydrogens (primary N) is 1. The molecule has 3 N–H and O–H groups in total. The summed E-state index contributed by atoms with van der Waals surface area (Å²) in [5.41, 5.74) is 2.25. The van der Waals surface area contributed by atoms with Crippen LogP contribution in [0.5, 0.6) is 0 Å². The SMILES string of the molecule is CCCC(=O)OCOC(=O)[C@@]1(N)[C@H]2[C@H]3[C@@](O)([C@H]1CSc1ccc(F)c(C)c1)[C@]23C(=O)OCOC(=O)[C@@H](C)CC.